The van der Waals surface area contributed by atoms with E-state index in [1.54, 1.807) is 15.8 Å². The van der Waals surface area contributed by atoms with Crippen LogP contribution in [-0.2, 0) is 30.8 Å². The lowest BCUT2D eigenvalue weighted by molar-refractivity contribution is -0.119. The van der Waals surface area contributed by atoms with Gasteiger partial charge in [0.05, 0.1) is 12.9 Å². The van der Waals surface area contributed by atoms with Crippen molar-refractivity contribution in [1.82, 2.24) is 18.7 Å². The molecule has 0 N–H and O–H groups in total. The van der Waals surface area contributed by atoms with Gasteiger partial charge in [-0.15, -0.1) is 0 Å². The number of amides is 1. The van der Waals surface area contributed by atoms with Crippen molar-refractivity contribution in [2.45, 2.75) is 39.9 Å². The number of hydrogen-bond acceptors (Lipinski definition) is 4. The van der Waals surface area contributed by atoms with E-state index in [0.717, 1.165) is 27.8 Å². The third kappa shape index (κ3) is 3.85. The van der Waals surface area contributed by atoms with Crippen LogP contribution in [0.25, 0.3) is 11.2 Å². The van der Waals surface area contributed by atoms with Crippen LogP contribution >= 0.6 is 0 Å². The van der Waals surface area contributed by atoms with Gasteiger partial charge in [0, 0.05) is 18.8 Å². The highest BCUT2D eigenvalue weighted by Gasteiger charge is 2.26. The quantitative estimate of drug-likeness (QED) is 0.446. The average Bonchev–Trinajstić information content (AvgIpc) is 3.44. The summed E-state index contributed by atoms with van der Waals surface area (Å²) in [5, 5.41) is 0. The molecule has 4 aromatic rings. The minimum absolute atomic E-state index is 0.260. The monoisotopic (exact) mass is 457 g/mol. The second-order valence-corrected chi connectivity index (χ2v) is 9.13. The van der Waals surface area contributed by atoms with Crippen molar-refractivity contribution in [2.24, 2.45) is 5.92 Å². The number of para-hydroxylation sites is 1. The van der Waals surface area contributed by atoms with Crippen LogP contribution in [0.2, 0.25) is 0 Å². The van der Waals surface area contributed by atoms with E-state index >= 15 is 0 Å². The first-order valence-corrected chi connectivity index (χ1v) is 11.5. The molecule has 2 aromatic heterocycles. The molecule has 0 saturated heterocycles. The second kappa shape index (κ2) is 8.78. The molecule has 8 heteroatoms. The van der Waals surface area contributed by atoms with Crippen LogP contribution in [-0.4, -0.2) is 31.1 Å². The van der Waals surface area contributed by atoms with Gasteiger partial charge >= 0.3 is 5.69 Å². The molecule has 1 amide bonds. The number of rotatable bonds is 6. The summed E-state index contributed by atoms with van der Waals surface area (Å²) in [6.45, 7) is 5.18. The van der Waals surface area contributed by atoms with Crippen molar-refractivity contribution in [1.29, 1.82) is 0 Å². The second-order valence-electron chi connectivity index (χ2n) is 9.13. The number of nitrogens with zero attached hydrogens (tertiary/aromatic N) is 5. The Hall–Kier alpha value is -3.94. The number of carbonyl (C=O) groups excluding carboxylic acids is 1. The number of fused-ring (bicyclic) bond motifs is 2. The zero-order valence-electron chi connectivity index (χ0n) is 19.3. The summed E-state index contributed by atoms with van der Waals surface area (Å²) >= 11 is 0. The number of imidazole rings is 1. The molecule has 0 unspecified atom stereocenters. The van der Waals surface area contributed by atoms with E-state index in [4.69, 9.17) is 0 Å². The SMILES string of the molecule is CC(C)Cn1cnc2c1c(=O)n(CC(=O)N1CCc3ccccc31)c(=O)n2Cc1ccccc1. The minimum Gasteiger partial charge on any atom is -0.324 e. The van der Waals surface area contributed by atoms with Gasteiger partial charge in [-0.2, -0.15) is 0 Å². The summed E-state index contributed by atoms with van der Waals surface area (Å²) in [6.07, 6.45) is 2.37. The molecule has 0 aliphatic carbocycles. The molecule has 0 atom stereocenters. The fourth-order valence-corrected chi connectivity index (χ4v) is 4.64. The predicted octanol–water partition coefficient (Wildman–Crippen LogP) is 2.65. The summed E-state index contributed by atoms with van der Waals surface area (Å²) in [4.78, 5) is 46.5. The van der Waals surface area contributed by atoms with Gasteiger partial charge in [0.15, 0.2) is 11.2 Å². The molecule has 34 heavy (non-hydrogen) atoms. The average molecular weight is 458 g/mol. The van der Waals surface area contributed by atoms with Crippen molar-refractivity contribution in [2.75, 3.05) is 11.4 Å². The highest BCUT2D eigenvalue weighted by atomic mass is 16.2. The Bertz CT molecular complexity index is 1480. The lowest BCUT2D eigenvalue weighted by atomic mass is 10.2. The Balaban J connectivity index is 1.61. The van der Waals surface area contributed by atoms with Gasteiger partial charge in [0.1, 0.15) is 6.54 Å². The first-order chi connectivity index (χ1) is 16.4. The molecule has 5 rings (SSSR count). The van der Waals surface area contributed by atoms with E-state index in [1.165, 1.54) is 4.57 Å². The zero-order chi connectivity index (χ0) is 23.8. The Labute approximate surface area is 196 Å². The van der Waals surface area contributed by atoms with E-state index in [0.29, 0.717) is 24.3 Å². The molecule has 174 valence electrons. The summed E-state index contributed by atoms with van der Waals surface area (Å²) in [7, 11) is 0. The van der Waals surface area contributed by atoms with Crippen LogP contribution in [0.1, 0.15) is 25.0 Å². The van der Waals surface area contributed by atoms with Crippen molar-refractivity contribution in [3.63, 3.8) is 0 Å². The van der Waals surface area contributed by atoms with Crippen molar-refractivity contribution in [3.05, 3.63) is 92.9 Å². The molecule has 0 fully saturated rings. The molecule has 1 aliphatic heterocycles. The highest BCUT2D eigenvalue weighted by Crippen LogP contribution is 2.27. The molecule has 1 aliphatic rings. The summed E-state index contributed by atoms with van der Waals surface area (Å²) in [6, 6.07) is 17.3. The first-order valence-electron chi connectivity index (χ1n) is 11.5. The van der Waals surface area contributed by atoms with Crippen LogP contribution in [0, 0.1) is 5.92 Å². The first kappa shape index (κ1) is 21.9. The largest absolute Gasteiger partial charge is 0.333 e. The van der Waals surface area contributed by atoms with Crippen molar-refractivity contribution < 1.29 is 4.79 Å². The molecule has 0 saturated carbocycles. The van der Waals surface area contributed by atoms with Crippen molar-refractivity contribution >= 4 is 22.8 Å². The standard InChI is InChI=1S/C26H27N5O3/c1-18(2)14-28-17-27-24-23(28)25(33)31(26(34)30(24)15-19-8-4-3-5-9-19)16-22(32)29-13-12-20-10-6-7-11-21(20)29/h3-11,17-18H,12-16H2,1-2H3. The minimum atomic E-state index is -0.531. The topological polar surface area (TPSA) is 82.1 Å². The summed E-state index contributed by atoms with van der Waals surface area (Å²) in [5.74, 6) is 0.00664. The molecular formula is C26H27N5O3. The number of aromatic nitrogens is 4. The van der Waals surface area contributed by atoms with Crippen LogP contribution in [0.4, 0.5) is 5.69 Å². The van der Waals surface area contributed by atoms with Gasteiger partial charge in [-0.1, -0.05) is 62.4 Å². The Kier molecular flexibility index (Phi) is 5.65. The Morgan fingerprint density at radius 2 is 1.74 bits per heavy atom. The van der Waals surface area contributed by atoms with Gasteiger partial charge in [0.25, 0.3) is 5.56 Å². The highest BCUT2D eigenvalue weighted by molar-refractivity contribution is 5.95. The molecule has 3 heterocycles. The molecule has 0 radical (unpaired) electrons. The third-order valence-corrected chi connectivity index (χ3v) is 6.21. The van der Waals surface area contributed by atoms with Gasteiger partial charge in [0.2, 0.25) is 5.91 Å². The van der Waals surface area contributed by atoms with Crippen LogP contribution in [0.15, 0.2) is 70.5 Å². The Morgan fingerprint density at radius 1 is 1.00 bits per heavy atom. The molecule has 0 spiro atoms. The maximum Gasteiger partial charge on any atom is 0.333 e. The van der Waals surface area contributed by atoms with Crippen LogP contribution in [0.5, 0.6) is 0 Å². The van der Waals surface area contributed by atoms with E-state index < -0.39 is 11.2 Å². The number of hydrogen-bond donors (Lipinski definition) is 0. The third-order valence-electron chi connectivity index (χ3n) is 6.21. The fraction of sp³-hybridized carbons (Fsp3) is 0.308. The van der Waals surface area contributed by atoms with Gasteiger partial charge in [-0.05, 0) is 29.5 Å². The van der Waals surface area contributed by atoms with E-state index in [2.05, 4.69) is 18.8 Å². The van der Waals surface area contributed by atoms with Gasteiger partial charge in [-0.3, -0.25) is 14.2 Å². The van der Waals surface area contributed by atoms with Crippen LogP contribution in [0.3, 0.4) is 0 Å². The number of carbonyl (C=O) groups is 1. The smallest absolute Gasteiger partial charge is 0.324 e. The van der Waals surface area contributed by atoms with E-state index in [-0.39, 0.29) is 24.9 Å². The summed E-state index contributed by atoms with van der Waals surface area (Å²) in [5.41, 5.74) is 2.52. The van der Waals surface area contributed by atoms with E-state index in [1.807, 2.05) is 54.6 Å². The lowest BCUT2D eigenvalue weighted by Gasteiger charge is -2.19. The number of benzene rings is 2. The zero-order valence-corrected chi connectivity index (χ0v) is 19.3. The lowest BCUT2D eigenvalue weighted by Crippen LogP contribution is -2.45. The van der Waals surface area contributed by atoms with Crippen LogP contribution < -0.4 is 16.1 Å². The number of anilines is 1. The summed E-state index contributed by atoms with van der Waals surface area (Å²) < 4.78 is 4.34. The fourth-order valence-electron chi connectivity index (χ4n) is 4.64. The van der Waals surface area contributed by atoms with E-state index in [9.17, 15) is 14.4 Å². The normalized spacial score (nSPS) is 13.1. The Morgan fingerprint density at radius 3 is 2.50 bits per heavy atom. The maximum absolute atomic E-state index is 13.5. The molecule has 2 aromatic carbocycles. The molecular weight excluding hydrogens is 430 g/mol. The molecule has 8 nitrogen and oxygen atoms in total. The van der Waals surface area contributed by atoms with Crippen molar-refractivity contribution in [3.8, 4) is 0 Å². The molecule has 0 bridgehead atoms. The van der Waals surface area contributed by atoms with Gasteiger partial charge in [-0.25, -0.2) is 14.3 Å². The van der Waals surface area contributed by atoms with Gasteiger partial charge < -0.3 is 9.47 Å². The predicted molar refractivity (Wildman–Crippen MR) is 131 cm³/mol. The maximum atomic E-state index is 13.5.